The van der Waals surface area contributed by atoms with E-state index in [9.17, 15) is 17.6 Å². The molecular weight excluding hydrogens is 305 g/mol. The molecule has 1 N–H and O–H groups in total. The molecule has 0 unspecified atom stereocenters. The van der Waals surface area contributed by atoms with Crippen molar-refractivity contribution in [1.82, 2.24) is 5.32 Å². The first kappa shape index (κ1) is 16.9. The van der Waals surface area contributed by atoms with E-state index in [0.29, 0.717) is 0 Å². The standard InChI is InChI=1S/C16H22FNO3S/c1-2-22(20,21)11-15(19)18-16(12-5-3-4-6-12)13-7-9-14(17)10-8-13/h7-10,12,16H,2-6,11H2,1H3,(H,18,19)/t16-/m1/s1. The zero-order valence-corrected chi connectivity index (χ0v) is 13.5. The third-order valence-corrected chi connectivity index (χ3v) is 5.79. The van der Waals surface area contributed by atoms with Crippen LogP contribution in [-0.2, 0) is 14.6 Å². The number of sulfone groups is 1. The van der Waals surface area contributed by atoms with E-state index in [1.807, 2.05) is 0 Å². The van der Waals surface area contributed by atoms with E-state index in [1.165, 1.54) is 19.1 Å². The number of hydrogen-bond donors (Lipinski definition) is 1. The zero-order chi connectivity index (χ0) is 16.2. The largest absolute Gasteiger partial charge is 0.348 e. The van der Waals surface area contributed by atoms with Gasteiger partial charge in [0.05, 0.1) is 6.04 Å². The summed E-state index contributed by atoms with van der Waals surface area (Å²) in [6.07, 6.45) is 4.18. The fraction of sp³-hybridized carbons (Fsp3) is 0.562. The van der Waals surface area contributed by atoms with Gasteiger partial charge >= 0.3 is 0 Å². The molecule has 0 aliphatic heterocycles. The maximum atomic E-state index is 13.1. The Morgan fingerprint density at radius 3 is 2.41 bits per heavy atom. The molecule has 0 heterocycles. The van der Waals surface area contributed by atoms with Gasteiger partial charge in [0.25, 0.3) is 0 Å². The minimum absolute atomic E-state index is 0.0505. The molecule has 1 saturated carbocycles. The number of benzene rings is 1. The number of carbonyl (C=O) groups is 1. The molecule has 2 rings (SSSR count). The number of amides is 1. The number of carbonyl (C=O) groups excluding carboxylic acids is 1. The maximum Gasteiger partial charge on any atom is 0.235 e. The molecule has 6 heteroatoms. The molecule has 0 spiro atoms. The van der Waals surface area contributed by atoms with Crippen LogP contribution in [0.2, 0.25) is 0 Å². The monoisotopic (exact) mass is 327 g/mol. The van der Waals surface area contributed by atoms with Crippen LogP contribution in [0.5, 0.6) is 0 Å². The molecule has 0 bridgehead atoms. The van der Waals surface area contributed by atoms with Gasteiger partial charge in [0.15, 0.2) is 9.84 Å². The van der Waals surface area contributed by atoms with Crippen LogP contribution in [0.4, 0.5) is 4.39 Å². The highest BCUT2D eigenvalue weighted by atomic mass is 32.2. The molecule has 1 aromatic carbocycles. The van der Waals surface area contributed by atoms with Crippen molar-refractivity contribution in [3.63, 3.8) is 0 Å². The molecule has 0 radical (unpaired) electrons. The Kier molecular flexibility index (Phi) is 5.56. The molecule has 122 valence electrons. The van der Waals surface area contributed by atoms with Crippen molar-refractivity contribution in [2.24, 2.45) is 5.92 Å². The lowest BCUT2D eigenvalue weighted by molar-refractivity contribution is -0.119. The highest BCUT2D eigenvalue weighted by molar-refractivity contribution is 7.92. The van der Waals surface area contributed by atoms with Crippen molar-refractivity contribution in [2.45, 2.75) is 38.6 Å². The van der Waals surface area contributed by atoms with Gasteiger partial charge in [0.1, 0.15) is 11.6 Å². The summed E-state index contributed by atoms with van der Waals surface area (Å²) < 4.78 is 36.3. The van der Waals surface area contributed by atoms with Crippen LogP contribution in [0.25, 0.3) is 0 Å². The quantitative estimate of drug-likeness (QED) is 0.873. The lowest BCUT2D eigenvalue weighted by Crippen LogP contribution is -2.37. The van der Waals surface area contributed by atoms with Crippen LogP contribution < -0.4 is 5.32 Å². The average molecular weight is 327 g/mol. The van der Waals surface area contributed by atoms with Crippen LogP contribution >= 0.6 is 0 Å². The van der Waals surface area contributed by atoms with E-state index >= 15 is 0 Å². The molecule has 1 aromatic rings. The van der Waals surface area contributed by atoms with Gasteiger partial charge in [-0.3, -0.25) is 4.79 Å². The van der Waals surface area contributed by atoms with Crippen molar-refractivity contribution in [3.8, 4) is 0 Å². The van der Waals surface area contributed by atoms with Gasteiger partial charge in [-0.25, -0.2) is 12.8 Å². The molecular formula is C16H22FNO3S. The van der Waals surface area contributed by atoms with Crippen LogP contribution in [0, 0.1) is 11.7 Å². The highest BCUT2D eigenvalue weighted by Gasteiger charge is 2.28. The Morgan fingerprint density at radius 1 is 1.27 bits per heavy atom. The summed E-state index contributed by atoms with van der Waals surface area (Å²) >= 11 is 0. The Bertz CT molecular complexity index is 607. The van der Waals surface area contributed by atoms with Gasteiger partial charge in [-0.2, -0.15) is 0 Å². The van der Waals surface area contributed by atoms with E-state index in [2.05, 4.69) is 5.32 Å². The topological polar surface area (TPSA) is 63.2 Å². The van der Waals surface area contributed by atoms with Gasteiger partial charge in [-0.1, -0.05) is 31.9 Å². The molecule has 1 aliphatic carbocycles. The fourth-order valence-electron chi connectivity index (χ4n) is 2.95. The SMILES string of the molecule is CCS(=O)(=O)CC(=O)N[C@@H](c1ccc(F)cc1)C1CCCC1. The molecule has 4 nitrogen and oxygen atoms in total. The molecule has 22 heavy (non-hydrogen) atoms. The lowest BCUT2D eigenvalue weighted by Gasteiger charge is -2.25. The summed E-state index contributed by atoms with van der Waals surface area (Å²) in [5.74, 6) is -1.07. The second kappa shape index (κ2) is 7.22. The second-order valence-corrected chi connectivity index (χ2v) is 8.17. The van der Waals surface area contributed by atoms with Gasteiger partial charge in [-0.15, -0.1) is 0 Å². The molecule has 0 aromatic heterocycles. The Morgan fingerprint density at radius 2 is 1.86 bits per heavy atom. The van der Waals surface area contributed by atoms with Crippen molar-refractivity contribution in [2.75, 3.05) is 11.5 Å². The van der Waals surface area contributed by atoms with E-state index in [-0.39, 0.29) is 23.5 Å². The van der Waals surface area contributed by atoms with Crippen molar-refractivity contribution in [1.29, 1.82) is 0 Å². The van der Waals surface area contributed by atoms with Crippen molar-refractivity contribution in [3.05, 3.63) is 35.6 Å². The molecule has 1 amide bonds. The zero-order valence-electron chi connectivity index (χ0n) is 12.7. The lowest BCUT2D eigenvalue weighted by atomic mass is 9.91. The third-order valence-electron chi connectivity index (χ3n) is 4.21. The van der Waals surface area contributed by atoms with E-state index in [0.717, 1.165) is 31.2 Å². The Hall–Kier alpha value is -1.43. The first-order valence-electron chi connectivity index (χ1n) is 7.66. The minimum atomic E-state index is -3.35. The molecule has 1 fully saturated rings. The van der Waals surface area contributed by atoms with E-state index in [4.69, 9.17) is 0 Å². The van der Waals surface area contributed by atoms with Gasteiger partial charge in [0.2, 0.25) is 5.91 Å². The van der Waals surface area contributed by atoms with Crippen LogP contribution in [0.1, 0.15) is 44.2 Å². The summed E-state index contributed by atoms with van der Waals surface area (Å²) in [5.41, 5.74) is 0.829. The summed E-state index contributed by atoms with van der Waals surface area (Å²) in [6, 6.07) is 5.81. The molecule has 1 aliphatic rings. The summed E-state index contributed by atoms with van der Waals surface area (Å²) in [6.45, 7) is 1.52. The van der Waals surface area contributed by atoms with Gasteiger partial charge < -0.3 is 5.32 Å². The second-order valence-electron chi connectivity index (χ2n) is 5.82. The number of halogens is 1. The Balaban J connectivity index is 2.14. The normalized spacial score (nSPS) is 17.4. The van der Waals surface area contributed by atoms with Gasteiger partial charge in [-0.05, 0) is 36.5 Å². The van der Waals surface area contributed by atoms with Crippen LogP contribution in [0.15, 0.2) is 24.3 Å². The molecule has 0 saturated heterocycles. The van der Waals surface area contributed by atoms with Gasteiger partial charge in [0, 0.05) is 5.75 Å². The van der Waals surface area contributed by atoms with Crippen LogP contribution in [0.3, 0.4) is 0 Å². The predicted octanol–water partition coefficient (Wildman–Crippen LogP) is 2.61. The van der Waals surface area contributed by atoms with E-state index in [1.54, 1.807) is 12.1 Å². The predicted molar refractivity (Wildman–Crippen MR) is 83.6 cm³/mol. The third kappa shape index (κ3) is 4.53. The summed E-state index contributed by atoms with van der Waals surface area (Å²) in [4.78, 5) is 12.1. The first-order chi connectivity index (χ1) is 10.4. The smallest absolute Gasteiger partial charge is 0.235 e. The maximum absolute atomic E-state index is 13.1. The average Bonchev–Trinajstić information content (AvgIpc) is 2.99. The number of hydrogen-bond acceptors (Lipinski definition) is 3. The first-order valence-corrected chi connectivity index (χ1v) is 9.48. The Labute approximate surface area is 131 Å². The minimum Gasteiger partial charge on any atom is -0.348 e. The van der Waals surface area contributed by atoms with Crippen molar-refractivity contribution < 1.29 is 17.6 Å². The fourth-order valence-corrected chi connectivity index (χ4v) is 3.64. The number of nitrogens with one attached hydrogen (secondary N) is 1. The van der Waals surface area contributed by atoms with Crippen LogP contribution in [-0.4, -0.2) is 25.8 Å². The van der Waals surface area contributed by atoms with Crippen molar-refractivity contribution >= 4 is 15.7 Å². The number of rotatable bonds is 6. The summed E-state index contributed by atoms with van der Waals surface area (Å²) in [5, 5.41) is 2.84. The highest BCUT2D eigenvalue weighted by Crippen LogP contribution is 2.35. The van der Waals surface area contributed by atoms with E-state index < -0.39 is 21.5 Å². The molecule has 1 atom stereocenters. The summed E-state index contributed by atoms with van der Waals surface area (Å²) in [7, 11) is -3.35.